The number of hydrogen-bond donors (Lipinski definition) is 2. The van der Waals surface area contributed by atoms with E-state index in [1.807, 2.05) is 14.0 Å². The lowest BCUT2D eigenvalue weighted by molar-refractivity contribution is 0.186. The van der Waals surface area contributed by atoms with Crippen LogP contribution in [0.1, 0.15) is 19.8 Å². The van der Waals surface area contributed by atoms with E-state index in [0.717, 1.165) is 32.5 Å². The number of oxime groups is 1. The molecule has 1 atom stereocenters. The first-order chi connectivity index (χ1) is 7.11. The van der Waals surface area contributed by atoms with Crippen molar-refractivity contribution in [2.24, 2.45) is 16.8 Å². The monoisotopic (exact) mass is 217 g/mol. The van der Waals surface area contributed by atoms with Crippen molar-refractivity contribution in [3.63, 3.8) is 0 Å². The maximum absolute atomic E-state index is 8.49. The van der Waals surface area contributed by atoms with E-state index in [1.165, 1.54) is 0 Å². The van der Waals surface area contributed by atoms with Crippen LogP contribution in [-0.2, 0) is 4.74 Å². The first-order valence-corrected chi connectivity index (χ1v) is 5.26. The predicted octanol–water partition coefficient (Wildman–Crippen LogP) is 0.727. The molecule has 0 aromatic carbocycles. The normalized spacial score (nSPS) is 14.5. The average molecular weight is 217 g/mol. The van der Waals surface area contributed by atoms with Gasteiger partial charge in [-0.3, -0.25) is 0 Å². The molecule has 0 heterocycles. The van der Waals surface area contributed by atoms with E-state index in [1.54, 1.807) is 7.11 Å². The summed E-state index contributed by atoms with van der Waals surface area (Å²) >= 11 is 0. The van der Waals surface area contributed by atoms with Crippen LogP contribution >= 0.6 is 0 Å². The quantitative estimate of drug-likeness (QED) is 0.207. The molecule has 1 unspecified atom stereocenters. The summed E-state index contributed by atoms with van der Waals surface area (Å²) in [5.41, 5.74) is 5.49. The van der Waals surface area contributed by atoms with E-state index in [9.17, 15) is 0 Å². The number of rotatable bonds is 8. The van der Waals surface area contributed by atoms with E-state index in [2.05, 4.69) is 10.1 Å². The van der Waals surface area contributed by atoms with Crippen LogP contribution in [0.2, 0.25) is 0 Å². The van der Waals surface area contributed by atoms with Crippen molar-refractivity contribution in [3.05, 3.63) is 0 Å². The molecule has 0 aliphatic rings. The highest BCUT2D eigenvalue weighted by atomic mass is 16.5. The van der Waals surface area contributed by atoms with Crippen molar-refractivity contribution in [1.29, 1.82) is 0 Å². The number of methoxy groups -OCH3 is 1. The van der Waals surface area contributed by atoms with Crippen LogP contribution in [-0.4, -0.2) is 49.8 Å². The van der Waals surface area contributed by atoms with Crippen molar-refractivity contribution in [2.75, 3.05) is 33.9 Å². The lowest BCUT2D eigenvalue weighted by Gasteiger charge is -2.20. The molecule has 0 bridgehead atoms. The van der Waals surface area contributed by atoms with Crippen molar-refractivity contribution >= 4 is 5.84 Å². The summed E-state index contributed by atoms with van der Waals surface area (Å²) in [4.78, 5) is 2.18. The molecule has 0 aromatic heterocycles. The summed E-state index contributed by atoms with van der Waals surface area (Å²) in [5, 5.41) is 11.5. The lowest BCUT2D eigenvalue weighted by atomic mass is 10.1. The molecular weight excluding hydrogens is 194 g/mol. The largest absolute Gasteiger partial charge is 0.409 e. The second-order valence-electron chi connectivity index (χ2n) is 3.89. The number of ether oxygens (including phenoxy) is 1. The fourth-order valence-electron chi connectivity index (χ4n) is 1.38. The molecule has 0 fully saturated rings. The highest BCUT2D eigenvalue weighted by Crippen LogP contribution is 2.00. The van der Waals surface area contributed by atoms with Crippen molar-refractivity contribution in [1.82, 2.24) is 4.90 Å². The molecule has 0 rings (SSSR count). The van der Waals surface area contributed by atoms with Crippen molar-refractivity contribution in [3.8, 4) is 0 Å². The van der Waals surface area contributed by atoms with Crippen LogP contribution in [0.3, 0.4) is 0 Å². The van der Waals surface area contributed by atoms with Gasteiger partial charge in [0.2, 0.25) is 0 Å². The first-order valence-electron chi connectivity index (χ1n) is 5.26. The number of hydrogen-bond acceptors (Lipinski definition) is 4. The molecule has 5 heteroatoms. The van der Waals surface area contributed by atoms with Gasteiger partial charge >= 0.3 is 0 Å². The fraction of sp³-hybridized carbons (Fsp3) is 0.900. The molecule has 0 amide bonds. The third-order valence-corrected chi connectivity index (χ3v) is 2.34. The van der Waals surface area contributed by atoms with Gasteiger partial charge in [-0.15, -0.1) is 0 Å². The maximum Gasteiger partial charge on any atom is 0.143 e. The van der Waals surface area contributed by atoms with Gasteiger partial charge in [0.25, 0.3) is 0 Å². The van der Waals surface area contributed by atoms with Gasteiger partial charge in [-0.1, -0.05) is 12.1 Å². The number of amidine groups is 1. The van der Waals surface area contributed by atoms with Crippen LogP contribution < -0.4 is 5.73 Å². The fourth-order valence-corrected chi connectivity index (χ4v) is 1.38. The molecule has 0 saturated carbocycles. The molecule has 90 valence electrons. The Hall–Kier alpha value is -0.810. The van der Waals surface area contributed by atoms with E-state index in [0.29, 0.717) is 5.84 Å². The molecule has 15 heavy (non-hydrogen) atoms. The molecule has 0 spiro atoms. The Kier molecular flexibility index (Phi) is 8.04. The van der Waals surface area contributed by atoms with Gasteiger partial charge < -0.3 is 20.6 Å². The zero-order valence-electron chi connectivity index (χ0n) is 9.94. The van der Waals surface area contributed by atoms with Gasteiger partial charge in [0.05, 0.1) is 0 Å². The summed E-state index contributed by atoms with van der Waals surface area (Å²) in [6.07, 6.45) is 2.17. The second kappa shape index (κ2) is 8.49. The number of unbranched alkanes of at least 4 members (excludes halogenated alkanes) is 1. The Balaban J connectivity index is 3.60. The summed E-state index contributed by atoms with van der Waals surface area (Å²) in [7, 11) is 3.75. The van der Waals surface area contributed by atoms with Gasteiger partial charge in [0.15, 0.2) is 0 Å². The zero-order valence-corrected chi connectivity index (χ0v) is 9.94. The van der Waals surface area contributed by atoms with E-state index >= 15 is 0 Å². The smallest absolute Gasteiger partial charge is 0.143 e. The molecule has 0 aliphatic carbocycles. The first kappa shape index (κ1) is 14.2. The maximum atomic E-state index is 8.49. The van der Waals surface area contributed by atoms with Crippen LogP contribution in [0.25, 0.3) is 0 Å². The minimum Gasteiger partial charge on any atom is -0.409 e. The minimum absolute atomic E-state index is 0.0856. The summed E-state index contributed by atoms with van der Waals surface area (Å²) in [6, 6.07) is 0. The van der Waals surface area contributed by atoms with Crippen molar-refractivity contribution < 1.29 is 9.94 Å². The summed E-state index contributed by atoms with van der Waals surface area (Å²) < 4.78 is 4.97. The zero-order chi connectivity index (χ0) is 11.7. The molecule has 0 aromatic rings. The van der Waals surface area contributed by atoms with Gasteiger partial charge in [0.1, 0.15) is 5.84 Å². The third kappa shape index (κ3) is 7.16. The molecule has 0 aliphatic heterocycles. The lowest BCUT2D eigenvalue weighted by Crippen LogP contribution is -2.33. The molecular formula is C10H23N3O2. The Morgan fingerprint density at radius 3 is 2.73 bits per heavy atom. The Bertz CT molecular complexity index is 186. The molecule has 0 radical (unpaired) electrons. The average Bonchev–Trinajstić information content (AvgIpc) is 2.23. The number of nitrogens with zero attached hydrogens (tertiary/aromatic N) is 2. The van der Waals surface area contributed by atoms with Gasteiger partial charge in [-0.05, 0) is 26.4 Å². The van der Waals surface area contributed by atoms with Crippen LogP contribution in [0, 0.1) is 5.92 Å². The van der Waals surface area contributed by atoms with Gasteiger partial charge in [-0.25, -0.2) is 0 Å². The molecule has 3 N–H and O–H groups in total. The minimum atomic E-state index is 0.0856. The van der Waals surface area contributed by atoms with E-state index < -0.39 is 0 Å². The SMILES string of the molecule is COCCCCN(C)CC(C)C(N)=NO. The van der Waals surface area contributed by atoms with Crippen LogP contribution in [0.15, 0.2) is 5.16 Å². The van der Waals surface area contributed by atoms with Gasteiger partial charge in [0, 0.05) is 26.2 Å². The second-order valence-corrected chi connectivity index (χ2v) is 3.89. The molecule has 5 nitrogen and oxygen atoms in total. The Labute approximate surface area is 91.9 Å². The highest BCUT2D eigenvalue weighted by molar-refractivity contribution is 5.82. The van der Waals surface area contributed by atoms with Gasteiger partial charge in [-0.2, -0.15) is 0 Å². The molecule has 0 saturated heterocycles. The summed E-state index contributed by atoms with van der Waals surface area (Å²) in [5.74, 6) is 0.376. The van der Waals surface area contributed by atoms with Crippen molar-refractivity contribution in [2.45, 2.75) is 19.8 Å². The van der Waals surface area contributed by atoms with E-state index in [4.69, 9.17) is 15.7 Å². The van der Waals surface area contributed by atoms with Crippen LogP contribution in [0.5, 0.6) is 0 Å². The standard InChI is InChI=1S/C10H23N3O2/c1-9(10(11)12-14)8-13(2)6-4-5-7-15-3/h9,14H,4-8H2,1-3H3,(H2,11,12). The predicted molar refractivity (Wildman–Crippen MR) is 61.2 cm³/mol. The Morgan fingerprint density at radius 1 is 1.53 bits per heavy atom. The van der Waals surface area contributed by atoms with Crippen LogP contribution in [0.4, 0.5) is 0 Å². The van der Waals surface area contributed by atoms with E-state index in [-0.39, 0.29) is 5.92 Å². The summed E-state index contributed by atoms with van der Waals surface area (Å²) in [6.45, 7) is 4.57. The highest BCUT2D eigenvalue weighted by Gasteiger charge is 2.10. The third-order valence-electron chi connectivity index (χ3n) is 2.34. The number of nitrogens with two attached hydrogens (primary N) is 1. The topological polar surface area (TPSA) is 71.1 Å². The Morgan fingerprint density at radius 2 is 2.20 bits per heavy atom.